The average molecular weight is 301 g/mol. The van der Waals surface area contributed by atoms with E-state index in [4.69, 9.17) is 23.2 Å². The minimum atomic E-state index is 0.602. The molecule has 98 valence electrons. The topological polar surface area (TPSA) is 17.1 Å². The molecule has 0 atom stereocenters. The molecule has 3 heteroatoms. The first kappa shape index (κ1) is 13.2. The number of halogens is 2. The molecule has 0 fully saturated rings. The number of fused-ring (bicyclic) bond motifs is 1. The van der Waals surface area contributed by atoms with Crippen LogP contribution in [0, 0.1) is 0 Å². The van der Waals surface area contributed by atoms with Crippen LogP contribution >= 0.6 is 23.2 Å². The molecule has 1 nitrogen and oxygen atoms in total. The average Bonchev–Trinajstić information content (AvgIpc) is 2.48. The smallest absolute Gasteiger partial charge is 0.150 e. The molecule has 0 aliphatic carbocycles. The predicted octanol–water partition coefficient (Wildman–Crippen LogP) is 5.63. The molecule has 0 bridgehead atoms. The molecule has 0 unspecified atom stereocenters. The van der Waals surface area contributed by atoms with Crippen LogP contribution in [0.3, 0.4) is 0 Å². The highest BCUT2D eigenvalue weighted by atomic mass is 35.5. The van der Waals surface area contributed by atoms with Gasteiger partial charge in [-0.25, -0.2) is 0 Å². The van der Waals surface area contributed by atoms with E-state index in [-0.39, 0.29) is 0 Å². The molecule has 20 heavy (non-hydrogen) atoms. The minimum Gasteiger partial charge on any atom is -0.298 e. The van der Waals surface area contributed by atoms with Crippen LogP contribution in [0.15, 0.2) is 54.6 Å². The molecule has 0 spiro atoms. The van der Waals surface area contributed by atoms with Crippen molar-refractivity contribution in [3.8, 4) is 11.1 Å². The fourth-order valence-corrected chi connectivity index (χ4v) is 2.76. The molecule has 3 aromatic rings. The SMILES string of the molecule is O=Cc1ccc(Cl)cc1-c1ccc(Cl)c2ccccc12. The monoisotopic (exact) mass is 300 g/mol. The number of rotatable bonds is 2. The Labute approximate surface area is 126 Å². The molecule has 0 aromatic heterocycles. The fraction of sp³-hybridized carbons (Fsp3) is 0. The lowest BCUT2D eigenvalue weighted by Gasteiger charge is -2.10. The van der Waals surface area contributed by atoms with E-state index in [0.717, 1.165) is 28.2 Å². The van der Waals surface area contributed by atoms with E-state index in [1.54, 1.807) is 18.2 Å². The van der Waals surface area contributed by atoms with Gasteiger partial charge in [-0.05, 0) is 40.8 Å². The second-order valence-electron chi connectivity index (χ2n) is 4.49. The van der Waals surface area contributed by atoms with E-state index in [0.29, 0.717) is 15.6 Å². The lowest BCUT2D eigenvalue weighted by molar-refractivity contribution is 0.112. The van der Waals surface area contributed by atoms with Crippen LogP contribution in [-0.4, -0.2) is 6.29 Å². The third-order valence-corrected chi connectivity index (χ3v) is 3.87. The number of hydrogen-bond donors (Lipinski definition) is 0. The van der Waals surface area contributed by atoms with Gasteiger partial charge in [0, 0.05) is 21.0 Å². The first-order valence-electron chi connectivity index (χ1n) is 6.13. The van der Waals surface area contributed by atoms with Crippen molar-refractivity contribution < 1.29 is 4.79 Å². The zero-order valence-corrected chi connectivity index (χ0v) is 11.9. The Balaban J connectivity index is 2.38. The molecular formula is C17H10Cl2O. The summed E-state index contributed by atoms with van der Waals surface area (Å²) in [6, 6.07) is 16.9. The van der Waals surface area contributed by atoms with Gasteiger partial charge in [-0.3, -0.25) is 4.79 Å². The van der Waals surface area contributed by atoms with Crippen molar-refractivity contribution in [3.63, 3.8) is 0 Å². The van der Waals surface area contributed by atoms with E-state index < -0.39 is 0 Å². The zero-order valence-electron chi connectivity index (χ0n) is 10.4. The highest BCUT2D eigenvalue weighted by molar-refractivity contribution is 6.36. The molecule has 0 aliphatic heterocycles. The summed E-state index contributed by atoms with van der Waals surface area (Å²) in [6.07, 6.45) is 0.842. The van der Waals surface area contributed by atoms with Crippen LogP contribution in [0.4, 0.5) is 0 Å². The van der Waals surface area contributed by atoms with Crippen LogP contribution in [0.2, 0.25) is 10.0 Å². The maximum absolute atomic E-state index is 11.2. The Morgan fingerprint density at radius 1 is 0.800 bits per heavy atom. The van der Waals surface area contributed by atoms with Gasteiger partial charge in [0.05, 0.1) is 0 Å². The van der Waals surface area contributed by atoms with Crippen molar-refractivity contribution >= 4 is 40.3 Å². The number of carbonyl (C=O) groups excluding carboxylic acids is 1. The van der Waals surface area contributed by atoms with Crippen LogP contribution in [0.1, 0.15) is 10.4 Å². The van der Waals surface area contributed by atoms with Crippen molar-refractivity contribution in [2.75, 3.05) is 0 Å². The Kier molecular flexibility index (Phi) is 3.47. The quantitative estimate of drug-likeness (QED) is 0.561. The molecular weight excluding hydrogens is 291 g/mol. The highest BCUT2D eigenvalue weighted by Crippen LogP contribution is 2.35. The van der Waals surface area contributed by atoms with Crippen LogP contribution in [-0.2, 0) is 0 Å². The van der Waals surface area contributed by atoms with Gasteiger partial charge >= 0.3 is 0 Å². The van der Waals surface area contributed by atoms with Crippen molar-refractivity contribution in [2.45, 2.75) is 0 Å². The standard InChI is InChI=1S/C17H10Cl2O/c18-12-6-5-11(10-20)16(9-12)14-7-8-17(19)15-4-2-1-3-13(14)15/h1-10H. The van der Waals surface area contributed by atoms with E-state index in [1.165, 1.54) is 0 Å². The number of aldehydes is 1. The van der Waals surface area contributed by atoms with Gasteiger partial charge in [-0.15, -0.1) is 0 Å². The fourth-order valence-electron chi connectivity index (χ4n) is 2.36. The van der Waals surface area contributed by atoms with Gasteiger partial charge < -0.3 is 0 Å². The van der Waals surface area contributed by atoms with Gasteiger partial charge in [0.1, 0.15) is 0 Å². The second-order valence-corrected chi connectivity index (χ2v) is 5.33. The molecule has 0 heterocycles. The molecule has 0 amide bonds. The molecule has 0 radical (unpaired) electrons. The van der Waals surface area contributed by atoms with Gasteiger partial charge in [-0.1, -0.05) is 53.5 Å². The van der Waals surface area contributed by atoms with Crippen molar-refractivity contribution in [1.29, 1.82) is 0 Å². The molecule has 0 aliphatic rings. The maximum Gasteiger partial charge on any atom is 0.150 e. The first-order valence-corrected chi connectivity index (χ1v) is 6.88. The summed E-state index contributed by atoms with van der Waals surface area (Å²) in [5.74, 6) is 0. The van der Waals surface area contributed by atoms with Crippen LogP contribution in [0.25, 0.3) is 21.9 Å². The second kappa shape index (κ2) is 5.28. The molecule has 0 saturated heterocycles. The highest BCUT2D eigenvalue weighted by Gasteiger charge is 2.10. The molecule has 0 saturated carbocycles. The van der Waals surface area contributed by atoms with E-state index >= 15 is 0 Å². The zero-order chi connectivity index (χ0) is 14.1. The third-order valence-electron chi connectivity index (χ3n) is 3.30. The van der Waals surface area contributed by atoms with E-state index in [1.807, 2.05) is 36.4 Å². The van der Waals surface area contributed by atoms with Gasteiger partial charge in [0.25, 0.3) is 0 Å². The summed E-state index contributed by atoms with van der Waals surface area (Å²) in [5.41, 5.74) is 2.39. The Morgan fingerprint density at radius 3 is 2.30 bits per heavy atom. The Bertz CT molecular complexity index is 809. The minimum absolute atomic E-state index is 0.602. The summed E-state index contributed by atoms with van der Waals surface area (Å²) in [5, 5.41) is 3.26. The molecule has 0 N–H and O–H groups in total. The number of carbonyl (C=O) groups is 1. The van der Waals surface area contributed by atoms with E-state index in [9.17, 15) is 4.79 Å². The van der Waals surface area contributed by atoms with E-state index in [2.05, 4.69) is 0 Å². The van der Waals surface area contributed by atoms with Gasteiger partial charge in [0.2, 0.25) is 0 Å². The summed E-state index contributed by atoms with van der Waals surface area (Å²) >= 11 is 12.3. The van der Waals surface area contributed by atoms with Crippen LogP contribution in [0.5, 0.6) is 0 Å². The molecule has 3 aromatic carbocycles. The van der Waals surface area contributed by atoms with Crippen molar-refractivity contribution in [1.82, 2.24) is 0 Å². The maximum atomic E-state index is 11.2. The summed E-state index contributed by atoms with van der Waals surface area (Å²) < 4.78 is 0. The Hall–Kier alpha value is -1.83. The summed E-state index contributed by atoms with van der Waals surface area (Å²) in [7, 11) is 0. The molecule has 3 rings (SSSR count). The Morgan fingerprint density at radius 2 is 1.55 bits per heavy atom. The summed E-state index contributed by atoms with van der Waals surface area (Å²) in [4.78, 5) is 11.2. The van der Waals surface area contributed by atoms with Gasteiger partial charge in [-0.2, -0.15) is 0 Å². The van der Waals surface area contributed by atoms with Gasteiger partial charge in [0.15, 0.2) is 6.29 Å². The lowest BCUT2D eigenvalue weighted by Crippen LogP contribution is -1.89. The van der Waals surface area contributed by atoms with Crippen LogP contribution < -0.4 is 0 Å². The summed E-state index contributed by atoms with van der Waals surface area (Å²) in [6.45, 7) is 0. The van der Waals surface area contributed by atoms with Crippen molar-refractivity contribution in [3.05, 3.63) is 70.2 Å². The largest absolute Gasteiger partial charge is 0.298 e. The third kappa shape index (κ3) is 2.20. The predicted molar refractivity (Wildman–Crippen MR) is 84.8 cm³/mol. The number of benzene rings is 3. The number of hydrogen-bond acceptors (Lipinski definition) is 1. The normalized spacial score (nSPS) is 10.7. The lowest BCUT2D eigenvalue weighted by atomic mass is 9.95. The first-order chi connectivity index (χ1) is 9.70. The van der Waals surface area contributed by atoms with Crippen molar-refractivity contribution in [2.24, 2.45) is 0 Å².